The van der Waals surface area contributed by atoms with Gasteiger partial charge in [-0.2, -0.15) is 0 Å². The molecule has 1 aromatic carbocycles. The molecule has 0 spiro atoms. The molecular weight excluding hydrogens is 380 g/mol. The van der Waals surface area contributed by atoms with Crippen LogP contribution in [0.2, 0.25) is 0 Å². The Hall–Kier alpha value is -4.20. The van der Waals surface area contributed by atoms with Crippen LogP contribution in [0.1, 0.15) is 10.4 Å². The number of carbonyl (C=O) groups excluding carboxylic acids is 1. The first-order valence-corrected chi connectivity index (χ1v) is 9.25. The minimum atomic E-state index is -0.256. The summed E-state index contributed by atoms with van der Waals surface area (Å²) >= 11 is 0. The van der Waals surface area contributed by atoms with E-state index in [0.29, 0.717) is 17.0 Å². The van der Waals surface area contributed by atoms with Gasteiger partial charge in [0.05, 0.1) is 23.6 Å². The lowest BCUT2D eigenvalue weighted by atomic mass is 10.1. The van der Waals surface area contributed by atoms with E-state index in [-0.39, 0.29) is 23.8 Å². The van der Waals surface area contributed by atoms with Crippen LogP contribution in [0.25, 0.3) is 22.6 Å². The van der Waals surface area contributed by atoms with Crippen LogP contribution in [-0.4, -0.2) is 36.8 Å². The van der Waals surface area contributed by atoms with E-state index in [1.165, 1.54) is 17.0 Å². The Bertz CT molecular complexity index is 1220. The average molecular weight is 398 g/mol. The van der Waals surface area contributed by atoms with Crippen LogP contribution in [0.5, 0.6) is 0 Å². The molecular formula is C22H18N6O2. The SMILES string of the molecule is Cn1c(NCC(=O)c2ccc(-c3ccccn3)cc2)nc(-c2ccncn2)cc1=O. The van der Waals surface area contributed by atoms with Crippen molar-refractivity contribution in [3.63, 3.8) is 0 Å². The molecule has 8 heteroatoms. The van der Waals surface area contributed by atoms with Crippen LogP contribution in [0.4, 0.5) is 5.95 Å². The van der Waals surface area contributed by atoms with E-state index in [4.69, 9.17) is 0 Å². The maximum atomic E-state index is 12.6. The van der Waals surface area contributed by atoms with Crippen LogP contribution in [0.3, 0.4) is 0 Å². The Kier molecular flexibility index (Phi) is 5.38. The summed E-state index contributed by atoms with van der Waals surface area (Å²) < 4.78 is 1.35. The number of anilines is 1. The van der Waals surface area contributed by atoms with Crippen molar-refractivity contribution in [3.8, 4) is 22.6 Å². The normalized spacial score (nSPS) is 10.6. The molecule has 30 heavy (non-hydrogen) atoms. The number of Topliss-reactive ketones (excluding diaryl/α,β-unsaturated/α-hetero) is 1. The van der Waals surface area contributed by atoms with Crippen LogP contribution < -0.4 is 10.9 Å². The lowest BCUT2D eigenvalue weighted by Crippen LogP contribution is -2.24. The highest BCUT2D eigenvalue weighted by molar-refractivity contribution is 5.99. The van der Waals surface area contributed by atoms with E-state index in [1.807, 2.05) is 30.3 Å². The first-order chi connectivity index (χ1) is 14.6. The van der Waals surface area contributed by atoms with Gasteiger partial charge in [-0.25, -0.2) is 15.0 Å². The molecule has 3 heterocycles. The van der Waals surface area contributed by atoms with Gasteiger partial charge in [0.25, 0.3) is 5.56 Å². The van der Waals surface area contributed by atoms with Crippen molar-refractivity contribution in [3.05, 3.63) is 89.2 Å². The highest BCUT2D eigenvalue weighted by atomic mass is 16.1. The highest BCUT2D eigenvalue weighted by Crippen LogP contribution is 2.17. The first kappa shape index (κ1) is 19.1. The molecule has 0 amide bonds. The van der Waals surface area contributed by atoms with Gasteiger partial charge in [0, 0.05) is 36.6 Å². The Labute approximate surface area is 172 Å². The third kappa shape index (κ3) is 4.12. The molecule has 0 saturated heterocycles. The molecule has 4 aromatic rings. The standard InChI is InChI=1S/C22H18N6O2/c1-28-21(30)12-19(18-9-11-23-14-26-18)27-22(28)25-13-20(29)16-7-5-15(6-8-16)17-4-2-3-10-24-17/h2-12,14H,13H2,1H3,(H,25,27). The minimum absolute atomic E-state index is 0.00353. The summed E-state index contributed by atoms with van der Waals surface area (Å²) in [5, 5.41) is 2.96. The van der Waals surface area contributed by atoms with Gasteiger partial charge in [0.1, 0.15) is 6.33 Å². The quantitative estimate of drug-likeness (QED) is 0.498. The summed E-state index contributed by atoms with van der Waals surface area (Å²) in [5.74, 6) is 0.166. The van der Waals surface area contributed by atoms with Crippen molar-refractivity contribution < 1.29 is 4.79 Å². The van der Waals surface area contributed by atoms with Crippen LogP contribution in [0, 0.1) is 0 Å². The molecule has 0 bridgehead atoms. The third-order valence-electron chi connectivity index (χ3n) is 4.55. The van der Waals surface area contributed by atoms with Crippen molar-refractivity contribution >= 4 is 11.7 Å². The average Bonchev–Trinajstić information content (AvgIpc) is 2.81. The van der Waals surface area contributed by atoms with Crippen LogP contribution in [0.15, 0.2) is 78.1 Å². The number of benzene rings is 1. The van der Waals surface area contributed by atoms with Crippen molar-refractivity contribution in [1.82, 2.24) is 24.5 Å². The van der Waals surface area contributed by atoms with Crippen molar-refractivity contribution in [2.45, 2.75) is 0 Å². The fraction of sp³-hybridized carbons (Fsp3) is 0.0909. The molecule has 4 rings (SSSR count). The first-order valence-electron chi connectivity index (χ1n) is 9.25. The fourth-order valence-corrected chi connectivity index (χ4v) is 2.89. The third-order valence-corrected chi connectivity index (χ3v) is 4.55. The fourth-order valence-electron chi connectivity index (χ4n) is 2.89. The Morgan fingerprint density at radius 3 is 2.50 bits per heavy atom. The van der Waals surface area contributed by atoms with Gasteiger partial charge in [-0.3, -0.25) is 19.1 Å². The van der Waals surface area contributed by atoms with Gasteiger partial charge in [0.2, 0.25) is 5.95 Å². The maximum absolute atomic E-state index is 12.6. The summed E-state index contributed by atoms with van der Waals surface area (Å²) in [5.41, 5.74) is 3.02. The Balaban J connectivity index is 1.50. The monoisotopic (exact) mass is 398 g/mol. The molecule has 1 N–H and O–H groups in total. The van der Waals surface area contributed by atoms with E-state index in [0.717, 1.165) is 11.3 Å². The molecule has 0 radical (unpaired) electrons. The van der Waals surface area contributed by atoms with Gasteiger partial charge < -0.3 is 5.32 Å². The molecule has 8 nitrogen and oxygen atoms in total. The van der Waals surface area contributed by atoms with E-state index in [2.05, 4.69) is 25.3 Å². The number of ketones is 1. The van der Waals surface area contributed by atoms with Crippen LogP contribution >= 0.6 is 0 Å². The predicted octanol–water partition coefficient (Wildman–Crippen LogP) is 2.59. The van der Waals surface area contributed by atoms with Crippen molar-refractivity contribution in [2.75, 3.05) is 11.9 Å². The molecule has 148 valence electrons. The number of nitrogens with one attached hydrogen (secondary N) is 1. The number of hydrogen-bond acceptors (Lipinski definition) is 7. The van der Waals surface area contributed by atoms with Crippen molar-refractivity contribution in [2.24, 2.45) is 7.05 Å². The molecule has 0 saturated carbocycles. The number of carbonyl (C=O) groups is 1. The number of nitrogens with zero attached hydrogens (tertiary/aromatic N) is 5. The lowest BCUT2D eigenvalue weighted by Gasteiger charge is -2.11. The summed E-state index contributed by atoms with van der Waals surface area (Å²) in [6.45, 7) is -0.00353. The largest absolute Gasteiger partial charge is 0.348 e. The molecule has 0 aliphatic carbocycles. The molecule has 0 aliphatic heterocycles. The van der Waals surface area contributed by atoms with Gasteiger partial charge in [-0.15, -0.1) is 0 Å². The second-order valence-corrected chi connectivity index (χ2v) is 6.53. The Morgan fingerprint density at radius 1 is 0.967 bits per heavy atom. The van der Waals surface area contributed by atoms with E-state index in [9.17, 15) is 9.59 Å². The van der Waals surface area contributed by atoms with Crippen molar-refractivity contribution in [1.29, 1.82) is 0 Å². The smallest absolute Gasteiger partial charge is 0.255 e. The number of aromatic nitrogens is 5. The lowest BCUT2D eigenvalue weighted by molar-refractivity contribution is 0.101. The molecule has 0 aliphatic rings. The van der Waals surface area contributed by atoms with Gasteiger partial charge in [-0.1, -0.05) is 30.3 Å². The second-order valence-electron chi connectivity index (χ2n) is 6.53. The second kappa shape index (κ2) is 8.44. The summed E-state index contributed by atoms with van der Waals surface area (Å²) in [6.07, 6.45) is 4.69. The van der Waals surface area contributed by atoms with E-state index >= 15 is 0 Å². The number of hydrogen-bond donors (Lipinski definition) is 1. The summed E-state index contributed by atoms with van der Waals surface area (Å²) in [6, 6.07) is 16.0. The topological polar surface area (TPSA) is 103 Å². The van der Waals surface area contributed by atoms with E-state index < -0.39 is 0 Å². The van der Waals surface area contributed by atoms with Gasteiger partial charge in [0.15, 0.2) is 5.78 Å². The zero-order valence-corrected chi connectivity index (χ0v) is 16.2. The van der Waals surface area contributed by atoms with E-state index in [1.54, 1.807) is 37.6 Å². The summed E-state index contributed by atoms with van der Waals surface area (Å²) in [7, 11) is 1.59. The predicted molar refractivity (Wildman–Crippen MR) is 113 cm³/mol. The zero-order valence-electron chi connectivity index (χ0n) is 16.2. The number of rotatable bonds is 6. The minimum Gasteiger partial charge on any atom is -0.348 e. The highest BCUT2D eigenvalue weighted by Gasteiger charge is 2.11. The van der Waals surface area contributed by atoms with Gasteiger partial charge in [-0.05, 0) is 18.2 Å². The summed E-state index contributed by atoms with van der Waals surface area (Å²) in [4.78, 5) is 41.6. The molecule has 3 aromatic heterocycles. The van der Waals surface area contributed by atoms with Crippen LogP contribution in [-0.2, 0) is 7.05 Å². The molecule has 0 unspecified atom stereocenters. The van der Waals surface area contributed by atoms with Gasteiger partial charge >= 0.3 is 0 Å². The zero-order chi connectivity index (χ0) is 20.9. The molecule has 0 atom stereocenters. The molecule has 0 fully saturated rings. The number of pyridine rings is 1. The maximum Gasteiger partial charge on any atom is 0.255 e. The Morgan fingerprint density at radius 2 is 1.80 bits per heavy atom.